The summed E-state index contributed by atoms with van der Waals surface area (Å²) in [5, 5.41) is 3.72. The molecular weight excluding hydrogens is 248 g/mol. The highest BCUT2D eigenvalue weighted by Crippen LogP contribution is 2.41. The predicted molar refractivity (Wildman–Crippen MR) is 81.2 cm³/mol. The van der Waals surface area contributed by atoms with Gasteiger partial charge in [0.2, 0.25) is 5.91 Å². The van der Waals surface area contributed by atoms with Crippen molar-refractivity contribution in [3.63, 3.8) is 0 Å². The molecule has 114 valence electrons. The third-order valence-corrected chi connectivity index (χ3v) is 6.23. The van der Waals surface area contributed by atoms with E-state index < -0.39 is 0 Å². The Balaban J connectivity index is 1.79. The fraction of sp³-hybridized carbons (Fsp3) is 0.941. The number of nitrogens with one attached hydrogen (secondary N) is 1. The highest BCUT2D eigenvalue weighted by atomic mass is 16.2. The number of carbonyl (C=O) groups is 1. The lowest BCUT2D eigenvalue weighted by molar-refractivity contribution is -0.136. The molecule has 0 aromatic carbocycles. The second-order valence-electron chi connectivity index (χ2n) is 7.49. The van der Waals surface area contributed by atoms with E-state index in [0.717, 1.165) is 31.1 Å². The van der Waals surface area contributed by atoms with Gasteiger partial charge < -0.3 is 4.90 Å². The molecule has 2 aliphatic carbocycles. The van der Waals surface area contributed by atoms with Crippen LogP contribution in [0.15, 0.2) is 0 Å². The molecule has 0 aromatic heterocycles. The van der Waals surface area contributed by atoms with E-state index in [0.29, 0.717) is 11.9 Å². The third-order valence-electron chi connectivity index (χ3n) is 6.23. The second kappa shape index (κ2) is 5.32. The SMILES string of the molecule is CCC1NC2(CCCC2)C(=O)N1C1CCC(C)C(C)C1. The van der Waals surface area contributed by atoms with Gasteiger partial charge in [0.05, 0.1) is 11.7 Å². The summed E-state index contributed by atoms with van der Waals surface area (Å²) in [7, 11) is 0. The van der Waals surface area contributed by atoms with Crippen LogP contribution in [0.5, 0.6) is 0 Å². The molecule has 0 radical (unpaired) electrons. The molecule has 20 heavy (non-hydrogen) atoms. The van der Waals surface area contributed by atoms with Crippen molar-refractivity contribution in [2.45, 2.75) is 89.9 Å². The highest BCUT2D eigenvalue weighted by molar-refractivity contribution is 5.89. The zero-order valence-corrected chi connectivity index (χ0v) is 13.3. The number of carbonyl (C=O) groups excluding carboxylic acids is 1. The van der Waals surface area contributed by atoms with Gasteiger partial charge in [-0.15, -0.1) is 0 Å². The number of hydrogen-bond donors (Lipinski definition) is 1. The monoisotopic (exact) mass is 278 g/mol. The number of hydrogen-bond acceptors (Lipinski definition) is 2. The fourth-order valence-electron chi connectivity index (χ4n) is 4.67. The molecule has 1 heterocycles. The number of rotatable bonds is 2. The maximum absolute atomic E-state index is 13.0. The van der Waals surface area contributed by atoms with E-state index in [1.165, 1.54) is 32.1 Å². The molecule has 3 nitrogen and oxygen atoms in total. The van der Waals surface area contributed by atoms with Crippen LogP contribution in [0, 0.1) is 11.8 Å². The summed E-state index contributed by atoms with van der Waals surface area (Å²) < 4.78 is 0. The second-order valence-corrected chi connectivity index (χ2v) is 7.49. The van der Waals surface area contributed by atoms with Gasteiger partial charge in [0.15, 0.2) is 0 Å². The molecule has 0 bridgehead atoms. The Bertz CT molecular complexity index is 375. The zero-order chi connectivity index (χ0) is 14.3. The lowest BCUT2D eigenvalue weighted by atomic mass is 9.78. The minimum Gasteiger partial charge on any atom is -0.323 e. The van der Waals surface area contributed by atoms with Gasteiger partial charge in [-0.05, 0) is 50.4 Å². The smallest absolute Gasteiger partial charge is 0.244 e. The van der Waals surface area contributed by atoms with Crippen molar-refractivity contribution < 1.29 is 4.79 Å². The molecule has 4 unspecified atom stereocenters. The quantitative estimate of drug-likeness (QED) is 0.840. The summed E-state index contributed by atoms with van der Waals surface area (Å²) in [4.78, 5) is 15.3. The van der Waals surface area contributed by atoms with Crippen LogP contribution >= 0.6 is 0 Å². The van der Waals surface area contributed by atoms with E-state index in [1.54, 1.807) is 0 Å². The minimum atomic E-state index is -0.188. The molecular formula is C17H30N2O. The van der Waals surface area contributed by atoms with Gasteiger partial charge in [-0.3, -0.25) is 10.1 Å². The van der Waals surface area contributed by atoms with Gasteiger partial charge >= 0.3 is 0 Å². The Kier molecular flexibility index (Phi) is 3.83. The molecule has 1 amide bonds. The van der Waals surface area contributed by atoms with Crippen LogP contribution in [0.2, 0.25) is 0 Å². The molecule has 2 saturated carbocycles. The van der Waals surface area contributed by atoms with Crippen LogP contribution in [0.3, 0.4) is 0 Å². The highest BCUT2D eigenvalue weighted by Gasteiger charge is 2.53. The lowest BCUT2D eigenvalue weighted by Gasteiger charge is -2.39. The van der Waals surface area contributed by atoms with E-state index in [-0.39, 0.29) is 11.7 Å². The van der Waals surface area contributed by atoms with Crippen LogP contribution in [-0.4, -0.2) is 28.6 Å². The number of amides is 1. The molecule has 1 saturated heterocycles. The summed E-state index contributed by atoms with van der Waals surface area (Å²) in [5.41, 5.74) is -0.188. The average molecular weight is 278 g/mol. The van der Waals surface area contributed by atoms with Crippen LogP contribution in [0.4, 0.5) is 0 Å². The van der Waals surface area contributed by atoms with Crippen molar-refractivity contribution in [3.8, 4) is 0 Å². The maximum Gasteiger partial charge on any atom is 0.244 e. The largest absolute Gasteiger partial charge is 0.323 e. The summed E-state index contributed by atoms with van der Waals surface area (Å²) >= 11 is 0. The van der Waals surface area contributed by atoms with E-state index in [9.17, 15) is 4.79 Å². The molecule has 1 N–H and O–H groups in total. The Morgan fingerprint density at radius 2 is 1.90 bits per heavy atom. The Labute approximate surface area is 123 Å². The fourth-order valence-corrected chi connectivity index (χ4v) is 4.67. The Morgan fingerprint density at radius 1 is 1.20 bits per heavy atom. The summed E-state index contributed by atoms with van der Waals surface area (Å²) in [6.07, 6.45) is 9.52. The average Bonchev–Trinajstić information content (AvgIpc) is 3.01. The van der Waals surface area contributed by atoms with Gasteiger partial charge in [0.25, 0.3) is 0 Å². The van der Waals surface area contributed by atoms with Crippen molar-refractivity contribution in [2.75, 3.05) is 0 Å². The first-order valence-corrected chi connectivity index (χ1v) is 8.68. The van der Waals surface area contributed by atoms with Crippen molar-refractivity contribution in [1.82, 2.24) is 10.2 Å². The minimum absolute atomic E-state index is 0.188. The Morgan fingerprint density at radius 3 is 2.50 bits per heavy atom. The summed E-state index contributed by atoms with van der Waals surface area (Å²) in [6, 6.07) is 0.478. The van der Waals surface area contributed by atoms with Crippen molar-refractivity contribution >= 4 is 5.91 Å². The Hall–Kier alpha value is -0.570. The van der Waals surface area contributed by atoms with E-state index in [4.69, 9.17) is 0 Å². The number of nitrogens with zero attached hydrogens (tertiary/aromatic N) is 1. The normalized spacial score (nSPS) is 40.8. The van der Waals surface area contributed by atoms with E-state index >= 15 is 0 Å². The van der Waals surface area contributed by atoms with Gasteiger partial charge in [0.1, 0.15) is 0 Å². The van der Waals surface area contributed by atoms with Gasteiger partial charge in [-0.2, -0.15) is 0 Å². The van der Waals surface area contributed by atoms with Crippen molar-refractivity contribution in [2.24, 2.45) is 11.8 Å². The molecule has 3 aliphatic rings. The van der Waals surface area contributed by atoms with Gasteiger partial charge in [-0.1, -0.05) is 33.6 Å². The molecule has 1 spiro atoms. The standard InChI is InChI=1S/C17H30N2O/c1-4-15-18-17(9-5-6-10-17)16(20)19(15)14-8-7-12(2)13(3)11-14/h12-15,18H,4-11H2,1-3H3. The molecule has 3 fully saturated rings. The van der Waals surface area contributed by atoms with Crippen LogP contribution in [0.25, 0.3) is 0 Å². The summed E-state index contributed by atoms with van der Waals surface area (Å²) in [5.74, 6) is 1.99. The van der Waals surface area contributed by atoms with E-state index in [1.807, 2.05) is 0 Å². The van der Waals surface area contributed by atoms with Crippen LogP contribution in [0.1, 0.15) is 72.1 Å². The van der Waals surface area contributed by atoms with Gasteiger partial charge in [-0.25, -0.2) is 0 Å². The first-order valence-electron chi connectivity index (χ1n) is 8.68. The molecule has 4 atom stereocenters. The topological polar surface area (TPSA) is 32.3 Å². The predicted octanol–water partition coefficient (Wildman–Crippen LogP) is 3.29. The first kappa shape index (κ1) is 14.4. The summed E-state index contributed by atoms with van der Waals surface area (Å²) in [6.45, 7) is 6.93. The molecule has 1 aliphatic heterocycles. The lowest BCUT2D eigenvalue weighted by Crippen LogP contribution is -2.47. The van der Waals surface area contributed by atoms with Crippen LogP contribution in [-0.2, 0) is 4.79 Å². The maximum atomic E-state index is 13.0. The van der Waals surface area contributed by atoms with Crippen molar-refractivity contribution in [3.05, 3.63) is 0 Å². The molecule has 0 aromatic rings. The van der Waals surface area contributed by atoms with Gasteiger partial charge in [0, 0.05) is 6.04 Å². The zero-order valence-electron chi connectivity index (χ0n) is 13.3. The van der Waals surface area contributed by atoms with E-state index in [2.05, 4.69) is 31.0 Å². The van der Waals surface area contributed by atoms with Crippen LogP contribution < -0.4 is 5.32 Å². The molecule has 3 rings (SSSR count). The first-order chi connectivity index (χ1) is 9.57. The van der Waals surface area contributed by atoms with Crippen molar-refractivity contribution in [1.29, 1.82) is 0 Å². The molecule has 3 heteroatoms. The third kappa shape index (κ3) is 2.18.